The number of carbonyl (C=O) groups excluding carboxylic acids is 8. The smallest absolute Gasteiger partial charge is 0.406 e. The van der Waals surface area contributed by atoms with Crippen molar-refractivity contribution in [3.8, 4) is 33.8 Å². The number of aliphatic hydroxyl groups is 3. The lowest BCUT2D eigenvalue weighted by Gasteiger charge is -2.38. The lowest BCUT2D eigenvalue weighted by atomic mass is 10.0. The van der Waals surface area contributed by atoms with E-state index in [0.717, 1.165) is 24.2 Å². The van der Waals surface area contributed by atoms with Crippen molar-refractivity contribution in [2.45, 2.75) is 101 Å². The summed E-state index contributed by atoms with van der Waals surface area (Å²) < 4.78 is 261. The monoisotopic (exact) mass is 2030 g/mol. The van der Waals surface area contributed by atoms with Crippen molar-refractivity contribution >= 4 is 80.1 Å². The van der Waals surface area contributed by atoms with Crippen molar-refractivity contribution in [2.24, 2.45) is 11.5 Å². The number of carbonyl (C=O) groups is 8. The topological polar surface area (TPSA) is 456 Å². The van der Waals surface area contributed by atoms with Crippen LogP contribution in [0.2, 0.25) is 0 Å². The molecule has 3 aromatic heterocycles. The molecule has 4 atom stereocenters. The summed E-state index contributed by atoms with van der Waals surface area (Å²) >= 11 is 7.58. The second-order valence-electron chi connectivity index (χ2n) is 26.2. The molecule has 9 aromatic rings. The Morgan fingerprint density at radius 1 is 0.489 bits per heavy atom. The number of aromatic nitrogens is 6. The molecular formula is C81H81BrClF21N14O17. The number of ether oxygens (including phenoxy) is 2. The first-order chi connectivity index (χ1) is 62.7. The summed E-state index contributed by atoms with van der Waals surface area (Å²) in [6.45, 7) is -7.53. The fraction of sp³-hybridized carbons (Fsp3) is 0.309. The summed E-state index contributed by atoms with van der Waals surface area (Å²) in [4.78, 5) is 143. The molecule has 0 bridgehead atoms. The summed E-state index contributed by atoms with van der Waals surface area (Å²) in [6.07, 6.45) is -30.0. The zero-order chi connectivity index (χ0) is 103. The molecule has 10 rings (SSSR count). The van der Waals surface area contributed by atoms with Crippen LogP contribution in [-0.4, -0.2) is 205 Å². The maximum Gasteiger partial charge on any atom is 0.406 e. The van der Waals surface area contributed by atoms with E-state index in [0.29, 0.717) is 52.9 Å². The summed E-state index contributed by atoms with van der Waals surface area (Å²) in [5.41, 5.74) is 10.3. The van der Waals surface area contributed by atoms with Gasteiger partial charge in [-0.15, -0.1) is 0 Å². The minimum atomic E-state index is -4.70. The SMILES string of the molecule is CCOC(=O)C(=O)Cl.CCOC(=O)C(=O)NCC(F)(F)F.CNc1nc(-c2ccccc2)cn(CC(F)(F)F)c1=O.NC(CO)c1ccccc1.NCC(F)(F)F.O=C(NCC(F)(F)F)C(=O)NC(CO)c1ccccc1.O=C1NC(c2ccccc2)C(O)N(CC(F)(F)F)C1=O.O=c1[nH]c(-c2ccccc2)cn(CC(F)(F)F)c1=O.O=c1c(Br)nc(-c2ccccc2)cn1CC(F)(F)F. The molecule has 1 aliphatic rings. The predicted octanol–water partition coefficient (Wildman–Crippen LogP) is 10.3. The molecule has 0 radical (unpaired) electrons. The van der Waals surface area contributed by atoms with E-state index < -0.39 is 183 Å². The third-order valence-corrected chi connectivity index (χ3v) is 16.3. The number of esters is 2. The molecule has 13 N–H and O–H groups in total. The van der Waals surface area contributed by atoms with Gasteiger partial charge in [-0.05, 0) is 63.6 Å². The number of nitrogens with zero attached hydrogens (tertiary/aromatic N) is 6. The Balaban J connectivity index is 0.000000524. The van der Waals surface area contributed by atoms with E-state index in [1.807, 2.05) is 30.3 Å². The number of rotatable bonds is 19. The van der Waals surface area contributed by atoms with Crippen LogP contribution in [-0.2, 0) is 67.5 Å². The van der Waals surface area contributed by atoms with E-state index in [2.05, 4.69) is 62.0 Å². The Morgan fingerprint density at radius 2 is 0.867 bits per heavy atom. The zero-order valence-electron chi connectivity index (χ0n) is 69.7. The Hall–Kier alpha value is -13.4. The van der Waals surface area contributed by atoms with Gasteiger partial charge in [0.25, 0.3) is 11.1 Å². The lowest BCUT2D eigenvalue weighted by molar-refractivity contribution is -0.189. The number of piperazine rings is 1. The normalized spacial score (nSPS) is 13.3. The fourth-order valence-corrected chi connectivity index (χ4v) is 10.3. The number of amides is 5. The Morgan fingerprint density at radius 3 is 1.24 bits per heavy atom. The molecule has 31 nitrogen and oxygen atoms in total. The van der Waals surface area contributed by atoms with E-state index in [1.165, 1.54) is 36.7 Å². The summed E-state index contributed by atoms with van der Waals surface area (Å²) in [7, 11) is 1.44. The second-order valence-corrected chi connectivity index (χ2v) is 27.2. The van der Waals surface area contributed by atoms with E-state index in [4.69, 9.17) is 27.5 Å². The minimum Gasteiger partial charge on any atom is -0.459 e. The molecule has 1 fully saturated rings. The number of anilines is 1. The lowest BCUT2D eigenvalue weighted by Crippen LogP contribution is -2.61. The molecule has 0 saturated carbocycles. The molecule has 0 aliphatic carbocycles. The molecule has 738 valence electrons. The summed E-state index contributed by atoms with van der Waals surface area (Å²) in [5, 5.41) is 36.3. The van der Waals surface area contributed by atoms with Gasteiger partial charge >= 0.3 is 101 Å². The third-order valence-electron chi connectivity index (χ3n) is 15.6. The first kappa shape index (κ1) is 118. The van der Waals surface area contributed by atoms with Crippen LogP contribution in [0.15, 0.2) is 224 Å². The highest BCUT2D eigenvalue weighted by atomic mass is 79.9. The van der Waals surface area contributed by atoms with Crippen molar-refractivity contribution in [1.29, 1.82) is 0 Å². The molecule has 1 aliphatic heterocycles. The highest BCUT2D eigenvalue weighted by Crippen LogP contribution is 2.29. The van der Waals surface area contributed by atoms with E-state index >= 15 is 0 Å². The van der Waals surface area contributed by atoms with Gasteiger partial charge in [0.1, 0.15) is 39.3 Å². The van der Waals surface area contributed by atoms with Gasteiger partial charge in [0.15, 0.2) is 16.6 Å². The minimum absolute atomic E-state index is 0.00398. The Kier molecular flexibility index (Phi) is 48.8. The number of aromatic amines is 1. The first-order valence-corrected chi connectivity index (χ1v) is 38.9. The molecule has 54 heteroatoms. The molecular weight excluding hydrogens is 1960 g/mol. The molecule has 6 aromatic carbocycles. The van der Waals surface area contributed by atoms with E-state index in [1.54, 1.807) is 146 Å². The quantitative estimate of drug-likeness (QED) is 0.0155. The maximum absolute atomic E-state index is 12.5. The molecule has 5 amide bonds. The molecule has 4 heterocycles. The highest BCUT2D eigenvalue weighted by molar-refractivity contribution is 9.10. The largest absolute Gasteiger partial charge is 0.459 e. The van der Waals surface area contributed by atoms with Gasteiger partial charge in [0, 0.05) is 36.8 Å². The molecule has 4 unspecified atom stereocenters. The standard InChI is InChI=1S/C13H12F3N3O.C12H8BrF3N2O.C12H11F3N2O3.C12H13F3N2O3.C12H9F3N2O2.C8H11NO.C6H8F3NO3.C4H5ClO3.C2H4F3N/c1-17-11-12(20)19(8-13(14,15)16)7-10(18-11)9-5-3-2-4-6-9;13-10-11(19)18(7-12(14,15)16)6-9(17-10)8-4-2-1-3-5-8;13-12(14,15)6-17-10(19)8(16-9(18)11(17)20)7-4-2-1-3-5-7;13-12(14,15)7-16-10(19)11(20)17-9(6-18)8-4-2-1-3-5-8;13-12(14,15)7-17-6-9(16-10(18)11(17)19)8-4-2-1-3-5-8;9-8(6-10)7-4-2-1-3-5-7;1-2-13-5(12)4(11)10-3-6(7,8)9;1-2-8-4(7)3(5)6;3-2(4,5)1-6/h2-7H,8H2,1H3,(H,17,18);1-6H,7H2;1-5,8,10,19H,6H2,(H,16,18);1-5,9,18H,6-7H2,(H,16,19)(H,17,20);1-6H,7H2,(H,16,18);1-5,8,10H,6,9H2;2-3H2,1H3,(H,10,11);2H2,1H3;1,6H2. The van der Waals surface area contributed by atoms with Gasteiger partial charge in [0.2, 0.25) is 0 Å². The van der Waals surface area contributed by atoms with Crippen molar-refractivity contribution in [3.63, 3.8) is 0 Å². The van der Waals surface area contributed by atoms with Crippen LogP contribution in [0.4, 0.5) is 98.0 Å². The predicted molar refractivity (Wildman–Crippen MR) is 443 cm³/mol. The van der Waals surface area contributed by atoms with Crippen molar-refractivity contribution < 1.29 is 155 Å². The van der Waals surface area contributed by atoms with Gasteiger partial charge < -0.3 is 77.0 Å². The summed E-state index contributed by atoms with van der Waals surface area (Å²) in [5.74, 6) is -9.03. The van der Waals surface area contributed by atoms with Gasteiger partial charge in [0.05, 0.1) is 68.2 Å². The van der Waals surface area contributed by atoms with Crippen LogP contribution in [0.1, 0.15) is 48.7 Å². The van der Waals surface area contributed by atoms with Gasteiger partial charge in [-0.2, -0.15) is 92.2 Å². The van der Waals surface area contributed by atoms with Gasteiger partial charge in [-0.25, -0.2) is 19.6 Å². The number of aliphatic hydroxyl groups excluding tert-OH is 3. The highest BCUT2D eigenvalue weighted by Gasteiger charge is 2.46. The number of hydrogen-bond donors (Lipinski definition) is 11. The third kappa shape index (κ3) is 47.2. The number of benzene rings is 6. The van der Waals surface area contributed by atoms with Gasteiger partial charge in [-0.1, -0.05) is 182 Å². The van der Waals surface area contributed by atoms with Crippen molar-refractivity contribution in [2.75, 3.05) is 65.0 Å². The van der Waals surface area contributed by atoms with Crippen LogP contribution in [0.3, 0.4) is 0 Å². The number of alkyl halides is 21. The fourth-order valence-electron chi connectivity index (χ4n) is 9.78. The first-order valence-electron chi connectivity index (χ1n) is 37.8. The Bertz CT molecular complexity index is 5480. The van der Waals surface area contributed by atoms with Crippen molar-refractivity contribution in [3.05, 3.63) is 263 Å². The number of H-pyrrole nitrogens is 1. The zero-order valence-corrected chi connectivity index (χ0v) is 72.1. The van der Waals surface area contributed by atoms with E-state index in [9.17, 15) is 155 Å². The van der Waals surface area contributed by atoms with Crippen LogP contribution in [0.5, 0.6) is 0 Å². The maximum atomic E-state index is 12.5. The molecule has 1 saturated heterocycles. The van der Waals surface area contributed by atoms with Crippen LogP contribution < -0.4 is 60.3 Å². The summed E-state index contributed by atoms with van der Waals surface area (Å²) in [6, 6.07) is 49.3. The number of halogens is 23. The number of nitrogens with two attached hydrogens (primary N) is 2. The van der Waals surface area contributed by atoms with E-state index in [-0.39, 0.29) is 46.9 Å². The van der Waals surface area contributed by atoms with Crippen LogP contribution >= 0.6 is 27.5 Å². The van der Waals surface area contributed by atoms with Crippen LogP contribution in [0.25, 0.3) is 33.8 Å². The van der Waals surface area contributed by atoms with Crippen molar-refractivity contribution in [1.82, 2.24) is 54.8 Å². The van der Waals surface area contributed by atoms with Crippen LogP contribution in [0, 0.1) is 0 Å². The average molecular weight is 2040 g/mol. The average Bonchev–Trinajstić information content (AvgIpc) is 0.795. The Labute approximate surface area is 761 Å². The number of hydrogen-bond acceptors (Lipinski definition) is 22. The second kappa shape index (κ2) is 56.0. The molecule has 135 heavy (non-hydrogen) atoms. The molecule has 0 spiro atoms. The van der Waals surface area contributed by atoms with Gasteiger partial charge in [-0.3, -0.25) is 57.4 Å². The number of nitrogens with one attached hydrogen (secondary N) is 6.